The number of carbonyl (C=O) groups excluding carboxylic acids is 1. The molecule has 6 nitrogen and oxygen atoms in total. The first-order valence-corrected chi connectivity index (χ1v) is 9.94. The fourth-order valence-corrected chi connectivity index (χ4v) is 3.61. The smallest absolute Gasteiger partial charge is 0.336 e. The predicted molar refractivity (Wildman–Crippen MR) is 114 cm³/mol. The maximum atomic E-state index is 12.6. The van der Waals surface area contributed by atoms with E-state index in [-0.39, 0.29) is 12.0 Å². The van der Waals surface area contributed by atoms with Gasteiger partial charge in [-0.15, -0.1) is 11.3 Å². The van der Waals surface area contributed by atoms with Gasteiger partial charge in [-0.2, -0.15) is 0 Å². The van der Waals surface area contributed by atoms with Gasteiger partial charge in [0.05, 0.1) is 6.10 Å². The quantitative estimate of drug-likeness (QED) is 0.474. The highest BCUT2D eigenvalue weighted by Gasteiger charge is 2.13. The topological polar surface area (TPSA) is 81.4 Å². The maximum absolute atomic E-state index is 12.6. The van der Waals surface area contributed by atoms with Gasteiger partial charge in [0.25, 0.3) is 5.91 Å². The Morgan fingerprint density at radius 2 is 1.90 bits per heavy atom. The van der Waals surface area contributed by atoms with Gasteiger partial charge in [0.2, 0.25) is 0 Å². The third-order valence-corrected chi connectivity index (χ3v) is 4.98. The highest BCUT2D eigenvalue weighted by atomic mass is 32.1. The van der Waals surface area contributed by atoms with E-state index in [1.54, 1.807) is 29.6 Å². The number of hydrogen-bond donors (Lipinski definition) is 1. The number of fused-ring (bicyclic) bond motifs is 1. The molecule has 0 unspecified atom stereocenters. The zero-order valence-corrected chi connectivity index (χ0v) is 16.7. The molecule has 0 atom stereocenters. The largest absolute Gasteiger partial charge is 0.491 e. The Morgan fingerprint density at radius 1 is 1.10 bits per heavy atom. The molecule has 0 aliphatic heterocycles. The van der Waals surface area contributed by atoms with Crippen molar-refractivity contribution in [3.8, 4) is 16.3 Å². The number of anilines is 1. The van der Waals surface area contributed by atoms with Crippen molar-refractivity contribution in [3.63, 3.8) is 0 Å². The van der Waals surface area contributed by atoms with Gasteiger partial charge in [-0.1, -0.05) is 0 Å². The summed E-state index contributed by atoms with van der Waals surface area (Å²) in [7, 11) is 0. The Hall–Kier alpha value is -3.45. The molecule has 4 aromatic rings. The van der Waals surface area contributed by atoms with Crippen LogP contribution in [0.1, 0.15) is 24.3 Å². The van der Waals surface area contributed by atoms with E-state index < -0.39 is 5.63 Å². The van der Waals surface area contributed by atoms with E-state index in [1.807, 2.05) is 38.1 Å². The van der Waals surface area contributed by atoms with Gasteiger partial charge < -0.3 is 14.5 Å². The first kappa shape index (κ1) is 18.9. The number of nitrogens with zero attached hydrogens (tertiary/aromatic N) is 1. The Kier molecular flexibility index (Phi) is 5.14. The van der Waals surface area contributed by atoms with Gasteiger partial charge in [-0.3, -0.25) is 4.79 Å². The molecule has 0 bridgehead atoms. The third kappa shape index (κ3) is 4.35. The maximum Gasteiger partial charge on any atom is 0.336 e. The van der Waals surface area contributed by atoms with Crippen LogP contribution in [-0.2, 0) is 0 Å². The van der Waals surface area contributed by atoms with E-state index in [9.17, 15) is 9.59 Å². The predicted octanol–water partition coefficient (Wildman–Crippen LogP) is 4.96. The van der Waals surface area contributed by atoms with Crippen LogP contribution in [0.2, 0.25) is 0 Å². The van der Waals surface area contributed by atoms with Crippen molar-refractivity contribution in [2.45, 2.75) is 20.0 Å². The van der Waals surface area contributed by atoms with Gasteiger partial charge in [-0.25, -0.2) is 9.78 Å². The van der Waals surface area contributed by atoms with Crippen LogP contribution in [-0.4, -0.2) is 17.0 Å². The molecule has 2 aromatic carbocycles. The molecule has 7 heteroatoms. The molecule has 1 N–H and O–H groups in total. The fraction of sp³-hybridized carbons (Fsp3) is 0.136. The lowest BCUT2D eigenvalue weighted by Crippen LogP contribution is -2.12. The fourth-order valence-electron chi connectivity index (χ4n) is 2.80. The van der Waals surface area contributed by atoms with Crippen LogP contribution in [0.15, 0.2) is 69.2 Å². The molecule has 0 aliphatic carbocycles. The zero-order valence-electron chi connectivity index (χ0n) is 15.8. The lowest BCUT2D eigenvalue weighted by molar-refractivity contribution is 0.102. The summed E-state index contributed by atoms with van der Waals surface area (Å²) in [5.41, 5.74) is 1.92. The van der Waals surface area contributed by atoms with E-state index in [4.69, 9.17) is 9.15 Å². The molecule has 0 saturated heterocycles. The standard InChI is InChI=1S/C22H18N2O4S/c1-13(2)27-17-7-3-14(4-8-17)22-24-18(12-29-22)21(26)23-16-6-9-19-15(11-16)5-10-20(25)28-19/h3-13H,1-2H3,(H,23,26). The van der Waals surface area contributed by atoms with Crippen molar-refractivity contribution in [3.05, 3.63) is 76.1 Å². The number of amides is 1. The first-order chi connectivity index (χ1) is 14.0. The van der Waals surface area contributed by atoms with Crippen LogP contribution in [0.3, 0.4) is 0 Å². The molecule has 2 aromatic heterocycles. The van der Waals surface area contributed by atoms with Crippen LogP contribution in [0, 0.1) is 0 Å². The zero-order chi connectivity index (χ0) is 20.4. The van der Waals surface area contributed by atoms with Crippen molar-refractivity contribution >= 4 is 33.9 Å². The normalized spacial score (nSPS) is 11.0. The summed E-state index contributed by atoms with van der Waals surface area (Å²) in [6, 6.07) is 15.7. The summed E-state index contributed by atoms with van der Waals surface area (Å²) >= 11 is 1.40. The third-order valence-electron chi connectivity index (χ3n) is 4.09. The minimum absolute atomic E-state index is 0.113. The van der Waals surface area contributed by atoms with Crippen LogP contribution in [0.5, 0.6) is 5.75 Å². The molecule has 1 amide bonds. The molecule has 0 saturated carbocycles. The highest BCUT2D eigenvalue weighted by Crippen LogP contribution is 2.27. The second-order valence-corrected chi connectivity index (χ2v) is 7.55. The molecule has 29 heavy (non-hydrogen) atoms. The molecule has 0 radical (unpaired) electrons. The first-order valence-electron chi connectivity index (χ1n) is 9.06. The Labute approximate surface area is 170 Å². The van der Waals surface area contributed by atoms with Crippen molar-refractivity contribution in [2.24, 2.45) is 0 Å². The monoisotopic (exact) mass is 406 g/mol. The molecule has 2 heterocycles. The van der Waals surface area contributed by atoms with E-state index in [2.05, 4.69) is 10.3 Å². The molecular weight excluding hydrogens is 388 g/mol. The summed E-state index contributed by atoms with van der Waals surface area (Å²) in [6.45, 7) is 3.95. The van der Waals surface area contributed by atoms with Crippen molar-refractivity contribution in [1.29, 1.82) is 0 Å². The number of ether oxygens (including phenoxy) is 1. The number of aromatic nitrogens is 1. The Bertz CT molecular complexity index is 1230. The molecule has 0 aliphatic rings. The van der Waals surface area contributed by atoms with Gasteiger partial charge in [0.1, 0.15) is 22.0 Å². The lowest BCUT2D eigenvalue weighted by Gasteiger charge is -2.09. The summed E-state index contributed by atoms with van der Waals surface area (Å²) < 4.78 is 10.7. The van der Waals surface area contributed by atoms with Crippen molar-refractivity contribution < 1.29 is 13.9 Å². The van der Waals surface area contributed by atoms with Crippen molar-refractivity contribution in [1.82, 2.24) is 4.98 Å². The van der Waals surface area contributed by atoms with E-state index in [0.717, 1.165) is 21.7 Å². The number of hydrogen-bond acceptors (Lipinski definition) is 6. The summed E-state index contributed by atoms with van der Waals surface area (Å²) in [6.07, 6.45) is 0.113. The van der Waals surface area contributed by atoms with E-state index in [1.165, 1.54) is 17.4 Å². The second-order valence-electron chi connectivity index (χ2n) is 6.69. The van der Waals surface area contributed by atoms with Crippen molar-refractivity contribution in [2.75, 3.05) is 5.32 Å². The minimum atomic E-state index is -0.409. The molecular formula is C22H18N2O4S. The van der Waals surface area contributed by atoms with E-state index in [0.29, 0.717) is 17.0 Å². The average molecular weight is 406 g/mol. The number of rotatable bonds is 5. The number of carbonyl (C=O) groups is 1. The minimum Gasteiger partial charge on any atom is -0.491 e. The molecule has 146 valence electrons. The van der Waals surface area contributed by atoms with Crippen LogP contribution in [0.25, 0.3) is 21.5 Å². The Balaban J connectivity index is 1.49. The van der Waals surface area contributed by atoms with Gasteiger partial charge in [0.15, 0.2) is 0 Å². The second kappa shape index (κ2) is 7.89. The van der Waals surface area contributed by atoms with Gasteiger partial charge in [-0.05, 0) is 62.4 Å². The average Bonchev–Trinajstić information content (AvgIpc) is 3.18. The number of nitrogens with one attached hydrogen (secondary N) is 1. The lowest BCUT2D eigenvalue weighted by atomic mass is 10.2. The SMILES string of the molecule is CC(C)Oc1ccc(-c2nc(C(=O)Nc3ccc4oc(=O)ccc4c3)cs2)cc1. The van der Waals surface area contributed by atoms with E-state index >= 15 is 0 Å². The summed E-state index contributed by atoms with van der Waals surface area (Å²) in [5.74, 6) is 0.495. The number of thiazole rings is 1. The highest BCUT2D eigenvalue weighted by molar-refractivity contribution is 7.13. The van der Waals surface area contributed by atoms with Crippen LogP contribution >= 0.6 is 11.3 Å². The number of benzene rings is 2. The van der Waals surface area contributed by atoms with Gasteiger partial charge >= 0.3 is 5.63 Å². The summed E-state index contributed by atoms with van der Waals surface area (Å²) in [4.78, 5) is 28.3. The van der Waals surface area contributed by atoms with Crippen LogP contribution < -0.4 is 15.7 Å². The summed E-state index contributed by atoms with van der Waals surface area (Å²) in [5, 5.41) is 6.03. The van der Waals surface area contributed by atoms with Crippen LogP contribution in [0.4, 0.5) is 5.69 Å². The molecule has 4 rings (SSSR count). The molecule has 0 fully saturated rings. The molecule has 0 spiro atoms. The van der Waals surface area contributed by atoms with Gasteiger partial charge in [0, 0.05) is 28.1 Å². The Morgan fingerprint density at radius 3 is 2.66 bits per heavy atom.